The molecule has 1 heterocycles. The van der Waals surface area contributed by atoms with Crippen LogP contribution in [-0.4, -0.2) is 55.5 Å². The third-order valence-electron chi connectivity index (χ3n) is 4.19. The zero-order chi connectivity index (χ0) is 15.6. The summed E-state index contributed by atoms with van der Waals surface area (Å²) >= 11 is 0. The van der Waals surface area contributed by atoms with Crippen LogP contribution < -0.4 is 5.73 Å². The van der Waals surface area contributed by atoms with E-state index < -0.39 is 10.0 Å². The minimum atomic E-state index is -3.58. The molecule has 0 radical (unpaired) electrons. The van der Waals surface area contributed by atoms with E-state index in [2.05, 4.69) is 11.8 Å². The van der Waals surface area contributed by atoms with Gasteiger partial charge in [-0.2, -0.15) is 4.31 Å². The number of phenolic OH excluding ortho intramolecular Hbond substituents is 1. The van der Waals surface area contributed by atoms with Crippen LogP contribution in [0.4, 0.5) is 5.69 Å². The first-order valence-electron chi connectivity index (χ1n) is 7.15. The molecule has 0 aliphatic carbocycles. The Labute approximate surface area is 126 Å². The zero-order valence-corrected chi connectivity index (χ0v) is 13.3. The fourth-order valence-electron chi connectivity index (χ4n) is 2.65. The van der Waals surface area contributed by atoms with Gasteiger partial charge in [0.2, 0.25) is 10.0 Å². The lowest BCUT2D eigenvalue weighted by molar-refractivity contribution is 0.176. The van der Waals surface area contributed by atoms with E-state index in [0.717, 1.165) is 32.5 Å². The van der Waals surface area contributed by atoms with E-state index in [1.54, 1.807) is 7.05 Å². The lowest BCUT2D eigenvalue weighted by Gasteiger charge is -2.35. The van der Waals surface area contributed by atoms with Crippen LogP contribution in [0.1, 0.15) is 19.8 Å². The summed E-state index contributed by atoms with van der Waals surface area (Å²) in [6.45, 7) is 4.94. The summed E-state index contributed by atoms with van der Waals surface area (Å²) in [6.07, 6.45) is 1.66. The maximum Gasteiger partial charge on any atom is 0.243 e. The first kappa shape index (κ1) is 16.1. The molecular weight excluding hydrogens is 290 g/mol. The Morgan fingerprint density at radius 1 is 1.38 bits per heavy atom. The molecule has 1 fully saturated rings. The van der Waals surface area contributed by atoms with Crippen molar-refractivity contribution in [3.05, 3.63) is 18.2 Å². The second-order valence-corrected chi connectivity index (χ2v) is 7.40. The molecular formula is C14H23N3O3S. The number of nitrogens with two attached hydrogens (primary N) is 1. The Morgan fingerprint density at radius 2 is 2.00 bits per heavy atom. The van der Waals surface area contributed by atoms with E-state index in [1.165, 1.54) is 22.5 Å². The predicted molar refractivity (Wildman–Crippen MR) is 82.6 cm³/mol. The van der Waals surface area contributed by atoms with Crippen molar-refractivity contribution in [1.29, 1.82) is 0 Å². The fourth-order valence-corrected chi connectivity index (χ4v) is 4.11. The molecule has 0 unspecified atom stereocenters. The number of anilines is 1. The third-order valence-corrected chi connectivity index (χ3v) is 6.10. The summed E-state index contributed by atoms with van der Waals surface area (Å²) in [5, 5.41) is 9.41. The maximum atomic E-state index is 12.6. The number of phenols is 1. The molecule has 0 atom stereocenters. The van der Waals surface area contributed by atoms with Gasteiger partial charge in [-0.25, -0.2) is 8.42 Å². The van der Waals surface area contributed by atoms with Crippen molar-refractivity contribution in [2.75, 3.05) is 32.4 Å². The molecule has 1 aromatic rings. The highest BCUT2D eigenvalue weighted by atomic mass is 32.2. The number of hydrogen-bond donors (Lipinski definition) is 2. The van der Waals surface area contributed by atoms with Crippen LogP contribution >= 0.6 is 0 Å². The van der Waals surface area contributed by atoms with Crippen molar-refractivity contribution >= 4 is 15.7 Å². The van der Waals surface area contributed by atoms with Gasteiger partial charge in [-0.1, -0.05) is 6.92 Å². The number of hydrogen-bond acceptors (Lipinski definition) is 5. The highest BCUT2D eigenvalue weighted by Crippen LogP contribution is 2.27. The average Bonchev–Trinajstić information content (AvgIpc) is 2.49. The zero-order valence-electron chi connectivity index (χ0n) is 12.5. The molecule has 0 bridgehead atoms. The van der Waals surface area contributed by atoms with Gasteiger partial charge in [-0.15, -0.1) is 0 Å². The summed E-state index contributed by atoms with van der Waals surface area (Å²) in [5.74, 6) is -0.104. The number of nitrogens with zero attached hydrogens (tertiary/aromatic N) is 2. The van der Waals surface area contributed by atoms with Crippen molar-refractivity contribution in [1.82, 2.24) is 9.21 Å². The highest BCUT2D eigenvalue weighted by molar-refractivity contribution is 7.89. The van der Waals surface area contributed by atoms with Gasteiger partial charge < -0.3 is 15.7 Å². The molecule has 0 saturated carbocycles. The quantitative estimate of drug-likeness (QED) is 0.641. The molecule has 2 rings (SSSR count). The Morgan fingerprint density at radius 3 is 2.52 bits per heavy atom. The standard InChI is InChI=1S/C14H23N3O3S/c1-3-17-8-6-11(7-9-17)16(2)21(19,20)12-4-5-14(18)13(15)10-12/h4-5,10-11,18H,3,6-9,15H2,1-2H3. The number of aromatic hydroxyl groups is 1. The second-order valence-electron chi connectivity index (χ2n) is 5.41. The molecule has 1 aliphatic rings. The van der Waals surface area contributed by atoms with Crippen molar-refractivity contribution in [2.45, 2.75) is 30.7 Å². The number of sulfonamides is 1. The number of likely N-dealkylation sites (tertiary alicyclic amines) is 1. The topological polar surface area (TPSA) is 86.9 Å². The molecule has 21 heavy (non-hydrogen) atoms. The van der Waals surface area contributed by atoms with Crippen LogP contribution in [0.3, 0.4) is 0 Å². The van der Waals surface area contributed by atoms with Gasteiger partial charge in [0.1, 0.15) is 5.75 Å². The van der Waals surface area contributed by atoms with Crippen LogP contribution in [0.5, 0.6) is 5.75 Å². The summed E-state index contributed by atoms with van der Waals surface area (Å²) in [4.78, 5) is 2.44. The number of benzene rings is 1. The van der Waals surface area contributed by atoms with E-state index in [9.17, 15) is 13.5 Å². The largest absolute Gasteiger partial charge is 0.506 e. The van der Waals surface area contributed by atoms with Gasteiger partial charge in [-0.3, -0.25) is 0 Å². The van der Waals surface area contributed by atoms with E-state index in [-0.39, 0.29) is 22.4 Å². The average molecular weight is 313 g/mol. The monoisotopic (exact) mass is 313 g/mol. The van der Waals surface area contributed by atoms with Crippen LogP contribution in [0.15, 0.2) is 23.1 Å². The van der Waals surface area contributed by atoms with Crippen molar-refractivity contribution in [3.8, 4) is 5.75 Å². The molecule has 0 aromatic heterocycles. The molecule has 0 spiro atoms. The second kappa shape index (κ2) is 6.21. The number of nitrogen functional groups attached to an aromatic ring is 1. The van der Waals surface area contributed by atoms with Gasteiger partial charge in [0.05, 0.1) is 10.6 Å². The Bertz CT molecular complexity index is 595. The minimum Gasteiger partial charge on any atom is -0.506 e. The van der Waals surface area contributed by atoms with Gasteiger partial charge in [-0.05, 0) is 50.7 Å². The van der Waals surface area contributed by atoms with Crippen LogP contribution in [0, 0.1) is 0 Å². The Balaban J connectivity index is 2.17. The van der Waals surface area contributed by atoms with Gasteiger partial charge in [0.25, 0.3) is 0 Å². The maximum absolute atomic E-state index is 12.6. The van der Waals surface area contributed by atoms with Crippen molar-refractivity contribution in [3.63, 3.8) is 0 Å². The smallest absolute Gasteiger partial charge is 0.243 e. The Hall–Kier alpha value is -1.31. The van der Waals surface area contributed by atoms with Crippen LogP contribution in [0.2, 0.25) is 0 Å². The molecule has 1 aromatic carbocycles. The highest BCUT2D eigenvalue weighted by Gasteiger charge is 2.30. The lowest BCUT2D eigenvalue weighted by atomic mass is 10.1. The minimum absolute atomic E-state index is 0.00725. The van der Waals surface area contributed by atoms with Gasteiger partial charge >= 0.3 is 0 Å². The van der Waals surface area contributed by atoms with Crippen LogP contribution in [0.25, 0.3) is 0 Å². The lowest BCUT2D eigenvalue weighted by Crippen LogP contribution is -2.45. The first-order valence-corrected chi connectivity index (χ1v) is 8.59. The molecule has 1 saturated heterocycles. The summed E-state index contributed by atoms with van der Waals surface area (Å²) < 4.78 is 26.7. The summed E-state index contributed by atoms with van der Waals surface area (Å²) in [7, 11) is -1.96. The van der Waals surface area contributed by atoms with Gasteiger partial charge in [0, 0.05) is 13.1 Å². The molecule has 6 nitrogen and oxygen atoms in total. The van der Waals surface area contributed by atoms with E-state index in [0.29, 0.717) is 0 Å². The molecule has 3 N–H and O–H groups in total. The first-order chi connectivity index (χ1) is 9.86. The van der Waals surface area contributed by atoms with E-state index in [4.69, 9.17) is 5.73 Å². The molecule has 0 amide bonds. The number of piperidine rings is 1. The van der Waals surface area contributed by atoms with E-state index in [1.807, 2.05) is 0 Å². The van der Waals surface area contributed by atoms with E-state index >= 15 is 0 Å². The van der Waals surface area contributed by atoms with Crippen LogP contribution in [-0.2, 0) is 10.0 Å². The molecule has 7 heteroatoms. The SMILES string of the molecule is CCN1CCC(N(C)S(=O)(=O)c2ccc(O)c(N)c2)CC1. The van der Waals surface area contributed by atoms with Crippen molar-refractivity contribution < 1.29 is 13.5 Å². The molecule has 1 aliphatic heterocycles. The third kappa shape index (κ3) is 3.30. The van der Waals surface area contributed by atoms with Gasteiger partial charge in [0.15, 0.2) is 0 Å². The van der Waals surface area contributed by atoms with Crippen molar-refractivity contribution in [2.24, 2.45) is 0 Å². The fraction of sp³-hybridized carbons (Fsp3) is 0.571. The Kier molecular flexibility index (Phi) is 4.75. The predicted octanol–water partition coefficient (Wildman–Crippen LogP) is 1.08. The molecule has 118 valence electrons. The summed E-state index contributed by atoms with van der Waals surface area (Å²) in [6, 6.07) is 4.02. The summed E-state index contributed by atoms with van der Waals surface area (Å²) in [5.41, 5.74) is 5.67. The number of rotatable bonds is 4. The normalized spacial score (nSPS) is 18.2.